The fourth-order valence-electron chi connectivity index (χ4n) is 1.79. The maximum Gasteiger partial charge on any atom is 0.112 e. The smallest absolute Gasteiger partial charge is 0.112 e. The zero-order valence-corrected chi connectivity index (χ0v) is 8.22. The van der Waals surface area contributed by atoms with Crippen LogP contribution < -0.4 is 0 Å². The van der Waals surface area contributed by atoms with Crippen molar-refractivity contribution in [2.24, 2.45) is 5.41 Å². The highest BCUT2D eigenvalue weighted by atomic mass is 15.1. The van der Waals surface area contributed by atoms with E-state index in [1.54, 1.807) is 0 Å². The molecule has 0 aliphatic carbocycles. The Morgan fingerprint density at radius 3 is 2.73 bits per heavy atom. The van der Waals surface area contributed by atoms with Crippen LogP contribution in [0, 0.1) is 5.41 Å². The zero-order chi connectivity index (χ0) is 8.48. The van der Waals surface area contributed by atoms with Crippen LogP contribution in [0.2, 0.25) is 12.6 Å². The minimum Gasteiger partial charge on any atom is -0.304 e. The fourth-order valence-corrected chi connectivity index (χ4v) is 1.79. The Labute approximate surface area is 71.4 Å². The molecular formula is C9H19BN. The monoisotopic (exact) mass is 152 g/mol. The van der Waals surface area contributed by atoms with Crippen molar-refractivity contribution >= 4 is 7.28 Å². The molecule has 0 aromatic carbocycles. The number of nitrogens with zero attached hydrogens (tertiary/aromatic N) is 1. The Morgan fingerprint density at radius 1 is 1.45 bits per heavy atom. The van der Waals surface area contributed by atoms with Gasteiger partial charge in [0, 0.05) is 6.54 Å². The van der Waals surface area contributed by atoms with E-state index in [1.165, 1.54) is 19.2 Å². The summed E-state index contributed by atoms with van der Waals surface area (Å²) < 4.78 is 0. The second-order valence-electron chi connectivity index (χ2n) is 4.66. The molecule has 1 fully saturated rings. The highest BCUT2D eigenvalue weighted by Gasteiger charge is 2.25. The zero-order valence-electron chi connectivity index (χ0n) is 8.22. The first-order valence-corrected chi connectivity index (χ1v) is 4.53. The van der Waals surface area contributed by atoms with Gasteiger partial charge in [-0.2, -0.15) is 0 Å². The van der Waals surface area contributed by atoms with E-state index in [0.717, 1.165) is 6.04 Å². The Morgan fingerprint density at radius 2 is 2.09 bits per heavy atom. The molecule has 1 radical (unpaired) electrons. The first-order chi connectivity index (χ1) is 5.01. The molecule has 1 rings (SSSR count). The van der Waals surface area contributed by atoms with E-state index in [1.807, 2.05) is 0 Å². The second-order valence-corrected chi connectivity index (χ2v) is 4.66. The predicted molar refractivity (Wildman–Crippen MR) is 51.2 cm³/mol. The lowest BCUT2D eigenvalue weighted by atomic mass is 9.62. The van der Waals surface area contributed by atoms with Crippen LogP contribution in [0.1, 0.15) is 20.8 Å². The van der Waals surface area contributed by atoms with E-state index in [-0.39, 0.29) is 0 Å². The van der Waals surface area contributed by atoms with Gasteiger partial charge in [-0.15, -0.1) is 0 Å². The van der Waals surface area contributed by atoms with Crippen LogP contribution in [0.3, 0.4) is 0 Å². The molecule has 1 unspecified atom stereocenters. The summed E-state index contributed by atoms with van der Waals surface area (Å²) in [6.45, 7) is 8.22. The van der Waals surface area contributed by atoms with Crippen LogP contribution in [0.15, 0.2) is 0 Å². The average molecular weight is 152 g/mol. The minimum atomic E-state index is 0.486. The summed E-state index contributed by atoms with van der Waals surface area (Å²) in [4.78, 5) is 2.46. The van der Waals surface area contributed by atoms with Crippen molar-refractivity contribution in [2.45, 2.75) is 39.5 Å². The third kappa shape index (κ3) is 2.51. The van der Waals surface area contributed by atoms with Gasteiger partial charge in [0.25, 0.3) is 0 Å². The van der Waals surface area contributed by atoms with Gasteiger partial charge in [0.05, 0.1) is 0 Å². The fraction of sp³-hybridized carbons (Fsp3) is 1.00. The van der Waals surface area contributed by atoms with Crippen molar-refractivity contribution in [1.29, 1.82) is 0 Å². The average Bonchev–Trinajstić information content (AvgIpc) is 1.93. The van der Waals surface area contributed by atoms with Gasteiger partial charge in [0.2, 0.25) is 0 Å². The topological polar surface area (TPSA) is 3.24 Å². The molecule has 1 nitrogen and oxygen atoms in total. The van der Waals surface area contributed by atoms with Crippen molar-refractivity contribution in [1.82, 2.24) is 4.90 Å². The summed E-state index contributed by atoms with van der Waals surface area (Å²) in [5.41, 5.74) is 0.486. The quantitative estimate of drug-likeness (QED) is 0.479. The van der Waals surface area contributed by atoms with Gasteiger partial charge in [-0.3, -0.25) is 0 Å². The van der Waals surface area contributed by atoms with Crippen LogP contribution in [0.5, 0.6) is 0 Å². The van der Waals surface area contributed by atoms with E-state index in [2.05, 4.69) is 40.0 Å². The standard InChI is InChI=1S/C9H19BN/c1-8-5-10-6-9(2,3)7-11(8)4/h8H,5-7H2,1-4H3. The largest absolute Gasteiger partial charge is 0.304 e. The molecule has 0 aromatic heterocycles. The minimum absolute atomic E-state index is 0.486. The van der Waals surface area contributed by atoms with E-state index >= 15 is 0 Å². The van der Waals surface area contributed by atoms with Crippen LogP contribution in [-0.2, 0) is 0 Å². The lowest BCUT2D eigenvalue weighted by molar-refractivity contribution is 0.200. The number of rotatable bonds is 0. The van der Waals surface area contributed by atoms with Gasteiger partial charge in [-0.25, -0.2) is 0 Å². The second kappa shape index (κ2) is 3.18. The van der Waals surface area contributed by atoms with Gasteiger partial charge in [0.15, 0.2) is 0 Å². The summed E-state index contributed by atoms with van der Waals surface area (Å²) in [5, 5.41) is 0. The van der Waals surface area contributed by atoms with Crippen LogP contribution in [-0.4, -0.2) is 31.8 Å². The Hall–Kier alpha value is 0.0249. The lowest BCUT2D eigenvalue weighted by Gasteiger charge is -2.29. The molecule has 1 aliphatic heterocycles. The third-order valence-electron chi connectivity index (χ3n) is 2.63. The lowest BCUT2D eigenvalue weighted by Crippen LogP contribution is -2.33. The Bertz CT molecular complexity index is 134. The summed E-state index contributed by atoms with van der Waals surface area (Å²) in [6.07, 6.45) is 2.52. The van der Waals surface area contributed by atoms with E-state index in [9.17, 15) is 0 Å². The maximum absolute atomic E-state index is 2.46. The predicted octanol–water partition coefficient (Wildman–Crippen LogP) is 1.89. The van der Waals surface area contributed by atoms with Gasteiger partial charge >= 0.3 is 0 Å². The SMILES string of the molecule is CC1C[B]CC(C)(C)CN1C. The van der Waals surface area contributed by atoms with Gasteiger partial charge in [-0.1, -0.05) is 33.4 Å². The van der Waals surface area contributed by atoms with E-state index < -0.39 is 0 Å². The van der Waals surface area contributed by atoms with Crippen molar-refractivity contribution in [3.8, 4) is 0 Å². The summed E-state index contributed by atoms with van der Waals surface area (Å²) in [7, 11) is 4.67. The van der Waals surface area contributed by atoms with E-state index in [0.29, 0.717) is 5.41 Å². The summed E-state index contributed by atoms with van der Waals surface area (Å²) >= 11 is 0. The van der Waals surface area contributed by atoms with E-state index in [4.69, 9.17) is 0 Å². The number of hydrogen-bond acceptors (Lipinski definition) is 1. The third-order valence-corrected chi connectivity index (χ3v) is 2.63. The number of hydrogen-bond donors (Lipinski definition) is 0. The van der Waals surface area contributed by atoms with Crippen molar-refractivity contribution < 1.29 is 0 Å². The molecule has 11 heavy (non-hydrogen) atoms. The van der Waals surface area contributed by atoms with Gasteiger partial charge < -0.3 is 4.90 Å². The molecule has 0 amide bonds. The molecule has 0 N–H and O–H groups in total. The van der Waals surface area contributed by atoms with Crippen LogP contribution >= 0.6 is 0 Å². The van der Waals surface area contributed by atoms with Gasteiger partial charge in [0.1, 0.15) is 7.28 Å². The molecule has 0 bridgehead atoms. The molecular weight excluding hydrogens is 133 g/mol. The molecule has 1 atom stereocenters. The first-order valence-electron chi connectivity index (χ1n) is 4.53. The maximum atomic E-state index is 2.46. The molecule has 63 valence electrons. The summed E-state index contributed by atoms with van der Waals surface area (Å²) in [6, 6.07) is 0.733. The van der Waals surface area contributed by atoms with Gasteiger partial charge in [-0.05, 0) is 18.5 Å². The molecule has 0 saturated carbocycles. The molecule has 1 saturated heterocycles. The molecule has 2 heteroatoms. The molecule has 0 aromatic rings. The normalized spacial score (nSPS) is 32.5. The van der Waals surface area contributed by atoms with Crippen molar-refractivity contribution in [2.75, 3.05) is 13.6 Å². The first kappa shape index (κ1) is 9.12. The molecule has 1 heterocycles. The molecule has 0 spiro atoms. The van der Waals surface area contributed by atoms with Crippen LogP contribution in [0.4, 0.5) is 0 Å². The summed E-state index contributed by atoms with van der Waals surface area (Å²) in [5.74, 6) is 0. The highest BCUT2D eigenvalue weighted by molar-refractivity contribution is 6.36. The van der Waals surface area contributed by atoms with Crippen molar-refractivity contribution in [3.05, 3.63) is 0 Å². The van der Waals surface area contributed by atoms with Crippen molar-refractivity contribution in [3.63, 3.8) is 0 Å². The Kier molecular flexibility index (Phi) is 2.63. The highest BCUT2D eigenvalue weighted by Crippen LogP contribution is 2.26. The Balaban J connectivity index is 2.55. The molecule has 1 aliphatic rings. The van der Waals surface area contributed by atoms with Crippen LogP contribution in [0.25, 0.3) is 0 Å².